The molecule has 0 aliphatic rings. The number of carboxylic acids is 1. The zero-order valence-electron chi connectivity index (χ0n) is 13.4. The van der Waals surface area contributed by atoms with Crippen molar-refractivity contribution in [3.8, 4) is 0 Å². The summed E-state index contributed by atoms with van der Waals surface area (Å²) >= 11 is 0. The molecule has 6 heteroatoms. The molecule has 0 radical (unpaired) electrons. The number of aliphatic carboxylic acids is 1. The average Bonchev–Trinajstić information content (AvgIpc) is 2.86. The van der Waals surface area contributed by atoms with Crippen LogP contribution < -0.4 is 5.32 Å². The van der Waals surface area contributed by atoms with Gasteiger partial charge in [-0.2, -0.15) is 0 Å². The van der Waals surface area contributed by atoms with E-state index >= 15 is 0 Å². The van der Waals surface area contributed by atoms with E-state index in [0.717, 1.165) is 11.3 Å². The lowest BCUT2D eigenvalue weighted by Crippen LogP contribution is -2.33. The second-order valence-corrected chi connectivity index (χ2v) is 5.58. The van der Waals surface area contributed by atoms with Gasteiger partial charge in [0.05, 0.1) is 11.0 Å². The molecule has 6 nitrogen and oxygen atoms in total. The third kappa shape index (κ3) is 2.86. The summed E-state index contributed by atoms with van der Waals surface area (Å²) in [6.07, 6.45) is 0. The standard InChI is InChI=1S/C18H17N3O3/c1-11-19-14-10-13(8-9-15(14)21(11)2)17(22)20-16(18(23)24)12-6-4-3-5-7-12/h3-10,16H,1-2H3,(H,20,22)(H,23,24)/t16-/m1/s1. The number of amides is 1. The predicted molar refractivity (Wildman–Crippen MR) is 89.7 cm³/mol. The largest absolute Gasteiger partial charge is 0.479 e. The van der Waals surface area contributed by atoms with Crippen molar-refractivity contribution < 1.29 is 14.7 Å². The monoisotopic (exact) mass is 323 g/mol. The van der Waals surface area contributed by atoms with Crippen molar-refractivity contribution in [3.05, 3.63) is 65.5 Å². The van der Waals surface area contributed by atoms with Gasteiger partial charge in [0.25, 0.3) is 5.91 Å². The van der Waals surface area contributed by atoms with Gasteiger partial charge in [-0.25, -0.2) is 9.78 Å². The number of fused-ring (bicyclic) bond motifs is 1. The summed E-state index contributed by atoms with van der Waals surface area (Å²) in [5.74, 6) is -0.712. The van der Waals surface area contributed by atoms with E-state index in [0.29, 0.717) is 16.6 Å². The lowest BCUT2D eigenvalue weighted by molar-refractivity contribution is -0.139. The lowest BCUT2D eigenvalue weighted by Gasteiger charge is -2.15. The van der Waals surface area contributed by atoms with Gasteiger partial charge in [0.15, 0.2) is 6.04 Å². The first-order chi connectivity index (χ1) is 11.5. The second-order valence-electron chi connectivity index (χ2n) is 5.58. The van der Waals surface area contributed by atoms with Crippen LogP contribution in [0.4, 0.5) is 0 Å². The van der Waals surface area contributed by atoms with Crippen molar-refractivity contribution in [2.45, 2.75) is 13.0 Å². The lowest BCUT2D eigenvalue weighted by atomic mass is 10.1. The maximum Gasteiger partial charge on any atom is 0.330 e. The molecule has 24 heavy (non-hydrogen) atoms. The first-order valence-corrected chi connectivity index (χ1v) is 7.49. The Kier molecular flexibility index (Phi) is 4.04. The smallest absolute Gasteiger partial charge is 0.330 e. The van der Waals surface area contributed by atoms with Crippen LogP contribution >= 0.6 is 0 Å². The number of nitrogens with zero attached hydrogens (tertiary/aromatic N) is 2. The summed E-state index contributed by atoms with van der Waals surface area (Å²) in [5, 5.41) is 12.0. The van der Waals surface area contributed by atoms with Gasteiger partial charge >= 0.3 is 5.97 Å². The fourth-order valence-corrected chi connectivity index (χ4v) is 2.61. The van der Waals surface area contributed by atoms with Gasteiger partial charge in [0.2, 0.25) is 0 Å². The maximum atomic E-state index is 12.5. The molecule has 0 saturated heterocycles. The number of aromatic nitrogens is 2. The highest BCUT2D eigenvalue weighted by atomic mass is 16.4. The quantitative estimate of drug-likeness (QED) is 0.772. The summed E-state index contributed by atoms with van der Waals surface area (Å²) in [5.41, 5.74) is 2.52. The van der Waals surface area contributed by atoms with Gasteiger partial charge in [-0.15, -0.1) is 0 Å². The predicted octanol–water partition coefficient (Wildman–Crippen LogP) is 2.44. The Morgan fingerprint density at radius 2 is 1.88 bits per heavy atom. The molecule has 0 aliphatic carbocycles. The number of carbonyl (C=O) groups excluding carboxylic acids is 1. The summed E-state index contributed by atoms with van der Waals surface area (Å²) in [6.45, 7) is 1.88. The van der Waals surface area contributed by atoms with Crippen molar-refractivity contribution >= 4 is 22.9 Å². The van der Waals surface area contributed by atoms with Crippen molar-refractivity contribution in [3.63, 3.8) is 0 Å². The summed E-state index contributed by atoms with van der Waals surface area (Å²) in [4.78, 5) is 28.4. The average molecular weight is 323 g/mol. The summed E-state index contributed by atoms with van der Waals surface area (Å²) in [6, 6.07) is 12.7. The number of carbonyl (C=O) groups is 2. The number of hydrogen-bond acceptors (Lipinski definition) is 3. The minimum absolute atomic E-state index is 0.378. The van der Waals surface area contributed by atoms with Crippen molar-refractivity contribution in [1.29, 1.82) is 0 Å². The zero-order chi connectivity index (χ0) is 17.3. The molecule has 1 atom stereocenters. The van der Waals surface area contributed by atoms with E-state index < -0.39 is 17.9 Å². The van der Waals surface area contributed by atoms with Crippen LogP contribution in [0.25, 0.3) is 11.0 Å². The van der Waals surface area contributed by atoms with Crippen LogP contribution in [0.5, 0.6) is 0 Å². The molecule has 0 unspecified atom stereocenters. The molecular weight excluding hydrogens is 306 g/mol. The summed E-state index contributed by atoms with van der Waals surface area (Å²) in [7, 11) is 1.90. The number of aryl methyl sites for hydroxylation is 2. The molecule has 3 rings (SSSR count). The third-order valence-corrected chi connectivity index (χ3v) is 4.02. The molecule has 1 heterocycles. The van der Waals surface area contributed by atoms with Crippen molar-refractivity contribution in [1.82, 2.24) is 14.9 Å². The van der Waals surface area contributed by atoms with Crippen LogP contribution in [-0.2, 0) is 11.8 Å². The van der Waals surface area contributed by atoms with E-state index in [-0.39, 0.29) is 0 Å². The number of nitrogens with one attached hydrogen (secondary N) is 1. The Morgan fingerprint density at radius 1 is 1.17 bits per heavy atom. The molecule has 1 aromatic heterocycles. The van der Waals surface area contributed by atoms with E-state index in [9.17, 15) is 14.7 Å². The molecule has 2 N–H and O–H groups in total. The van der Waals surface area contributed by atoms with Crippen LogP contribution in [0.15, 0.2) is 48.5 Å². The molecule has 0 spiro atoms. The fourth-order valence-electron chi connectivity index (χ4n) is 2.61. The van der Waals surface area contributed by atoms with E-state index in [1.165, 1.54) is 0 Å². The Hall–Kier alpha value is -3.15. The molecule has 122 valence electrons. The van der Waals surface area contributed by atoms with E-state index in [2.05, 4.69) is 10.3 Å². The van der Waals surface area contributed by atoms with Gasteiger partial charge in [-0.05, 0) is 30.7 Å². The van der Waals surface area contributed by atoms with Gasteiger partial charge in [0.1, 0.15) is 5.82 Å². The van der Waals surface area contributed by atoms with Gasteiger partial charge in [-0.1, -0.05) is 30.3 Å². The van der Waals surface area contributed by atoms with Crippen LogP contribution in [0.3, 0.4) is 0 Å². The SMILES string of the molecule is Cc1nc2cc(C(=O)N[C@@H](C(=O)O)c3ccccc3)ccc2n1C. The highest BCUT2D eigenvalue weighted by molar-refractivity contribution is 5.99. The van der Waals surface area contributed by atoms with E-state index in [1.807, 2.05) is 24.6 Å². The number of benzene rings is 2. The van der Waals surface area contributed by atoms with Gasteiger partial charge in [-0.3, -0.25) is 4.79 Å². The first-order valence-electron chi connectivity index (χ1n) is 7.49. The zero-order valence-corrected chi connectivity index (χ0v) is 13.4. The number of hydrogen-bond donors (Lipinski definition) is 2. The molecule has 0 saturated carbocycles. The summed E-state index contributed by atoms with van der Waals surface area (Å²) < 4.78 is 1.93. The Balaban J connectivity index is 1.89. The molecule has 3 aromatic rings. The third-order valence-electron chi connectivity index (χ3n) is 4.02. The molecular formula is C18H17N3O3. The first kappa shape index (κ1) is 15.7. The van der Waals surface area contributed by atoms with E-state index in [4.69, 9.17) is 0 Å². The molecule has 0 bridgehead atoms. The Bertz CT molecular complexity index is 916. The Morgan fingerprint density at radius 3 is 2.54 bits per heavy atom. The number of carboxylic acid groups (broad SMARTS) is 1. The molecule has 0 aliphatic heterocycles. The minimum atomic E-state index is -1.11. The second kappa shape index (κ2) is 6.16. The van der Waals surface area contributed by atoms with Gasteiger partial charge in [0, 0.05) is 12.6 Å². The number of rotatable bonds is 4. The molecule has 1 amide bonds. The topological polar surface area (TPSA) is 84.2 Å². The van der Waals surface area contributed by atoms with E-state index in [1.54, 1.807) is 42.5 Å². The molecule has 2 aromatic carbocycles. The highest BCUT2D eigenvalue weighted by Gasteiger charge is 2.22. The van der Waals surface area contributed by atoms with Gasteiger partial charge < -0.3 is 15.0 Å². The van der Waals surface area contributed by atoms with Crippen LogP contribution in [0.1, 0.15) is 27.8 Å². The molecule has 0 fully saturated rings. The maximum absolute atomic E-state index is 12.5. The Labute approximate surface area is 138 Å². The van der Waals surface area contributed by atoms with Crippen LogP contribution in [0.2, 0.25) is 0 Å². The van der Waals surface area contributed by atoms with Crippen molar-refractivity contribution in [2.75, 3.05) is 0 Å². The normalized spacial score (nSPS) is 12.1. The minimum Gasteiger partial charge on any atom is -0.479 e. The number of imidazole rings is 1. The fraction of sp³-hybridized carbons (Fsp3) is 0.167. The van der Waals surface area contributed by atoms with Crippen molar-refractivity contribution in [2.24, 2.45) is 7.05 Å². The van der Waals surface area contributed by atoms with Crippen LogP contribution in [0, 0.1) is 6.92 Å². The highest BCUT2D eigenvalue weighted by Crippen LogP contribution is 2.18. The van der Waals surface area contributed by atoms with Crippen LogP contribution in [-0.4, -0.2) is 26.5 Å².